The molecule has 6 heteroatoms. The molecule has 0 N–H and O–H groups in total. The molecule has 0 aromatic carbocycles. The van der Waals surface area contributed by atoms with Gasteiger partial charge in [-0.25, -0.2) is 9.50 Å². The number of carbonyl (C=O) groups excluding carboxylic acids is 1. The largest absolute Gasteiger partial charge is 0.340 e. The first kappa shape index (κ1) is 18.8. The highest BCUT2D eigenvalue weighted by Crippen LogP contribution is 2.20. The number of amides is 1. The van der Waals surface area contributed by atoms with E-state index in [9.17, 15) is 4.79 Å². The topological polar surface area (TPSA) is 53.7 Å². The van der Waals surface area contributed by atoms with Crippen LogP contribution < -0.4 is 0 Å². The Hall–Kier alpha value is -1.95. The molecule has 3 rings (SSSR count). The second-order valence-corrected chi connectivity index (χ2v) is 7.53. The van der Waals surface area contributed by atoms with Crippen LogP contribution in [0.5, 0.6) is 0 Å². The zero-order valence-corrected chi connectivity index (χ0v) is 16.7. The van der Waals surface area contributed by atoms with Gasteiger partial charge in [-0.3, -0.25) is 4.79 Å². The first-order chi connectivity index (χ1) is 12.4. The molecule has 6 nitrogen and oxygen atoms in total. The van der Waals surface area contributed by atoms with Crippen molar-refractivity contribution >= 4 is 11.6 Å². The van der Waals surface area contributed by atoms with Gasteiger partial charge in [-0.2, -0.15) is 5.10 Å². The van der Waals surface area contributed by atoms with E-state index in [1.807, 2.05) is 24.4 Å². The molecular weight excluding hydrogens is 326 g/mol. The van der Waals surface area contributed by atoms with E-state index in [2.05, 4.69) is 40.8 Å². The summed E-state index contributed by atoms with van der Waals surface area (Å²) in [4.78, 5) is 22.0. The molecule has 26 heavy (non-hydrogen) atoms. The molecule has 3 heterocycles. The fourth-order valence-electron chi connectivity index (χ4n) is 4.12. The minimum atomic E-state index is 0.262. The van der Waals surface area contributed by atoms with Crippen LogP contribution in [0.25, 0.3) is 5.65 Å². The van der Waals surface area contributed by atoms with Gasteiger partial charge in [0.15, 0.2) is 5.65 Å². The second kappa shape index (κ2) is 7.74. The molecule has 0 saturated carbocycles. The third-order valence-electron chi connectivity index (χ3n) is 5.66. The van der Waals surface area contributed by atoms with E-state index < -0.39 is 0 Å². The van der Waals surface area contributed by atoms with Crippen LogP contribution in [0.2, 0.25) is 0 Å². The third-order valence-corrected chi connectivity index (χ3v) is 5.66. The van der Waals surface area contributed by atoms with Crippen molar-refractivity contribution < 1.29 is 4.79 Å². The Labute approximate surface area is 156 Å². The summed E-state index contributed by atoms with van der Waals surface area (Å²) in [5.74, 6) is 0.262. The summed E-state index contributed by atoms with van der Waals surface area (Å²) in [6.45, 7) is 11.1. The maximum atomic E-state index is 12.9. The van der Waals surface area contributed by atoms with E-state index in [1.54, 1.807) is 0 Å². The van der Waals surface area contributed by atoms with Gasteiger partial charge in [-0.1, -0.05) is 0 Å². The average Bonchev–Trinajstić information content (AvgIpc) is 2.97. The van der Waals surface area contributed by atoms with Crippen molar-refractivity contribution in [3.63, 3.8) is 0 Å². The number of likely N-dealkylation sites (tertiary alicyclic amines) is 1. The highest BCUT2D eigenvalue weighted by Gasteiger charge is 2.25. The Bertz CT molecular complexity index is 789. The molecule has 0 radical (unpaired) electrons. The minimum absolute atomic E-state index is 0.262. The molecule has 2 aromatic heterocycles. The summed E-state index contributed by atoms with van der Waals surface area (Å²) in [5, 5.41) is 4.53. The van der Waals surface area contributed by atoms with E-state index in [-0.39, 0.29) is 5.91 Å². The monoisotopic (exact) mass is 357 g/mol. The van der Waals surface area contributed by atoms with Crippen LogP contribution in [0.3, 0.4) is 0 Å². The van der Waals surface area contributed by atoms with Gasteiger partial charge >= 0.3 is 0 Å². The number of carbonyl (C=O) groups is 1. The molecule has 0 aliphatic carbocycles. The van der Waals surface area contributed by atoms with Gasteiger partial charge in [0, 0.05) is 36.5 Å². The van der Waals surface area contributed by atoms with E-state index in [0.717, 1.165) is 67.2 Å². The van der Waals surface area contributed by atoms with Crippen molar-refractivity contribution in [3.8, 4) is 0 Å². The van der Waals surface area contributed by atoms with Gasteiger partial charge in [0.25, 0.3) is 0 Å². The van der Waals surface area contributed by atoms with Crippen LogP contribution in [-0.4, -0.2) is 63.0 Å². The predicted octanol–water partition coefficient (Wildman–Crippen LogP) is 2.53. The highest BCUT2D eigenvalue weighted by atomic mass is 16.2. The Balaban J connectivity index is 1.71. The molecule has 0 spiro atoms. The van der Waals surface area contributed by atoms with Gasteiger partial charge in [0.05, 0.1) is 5.69 Å². The van der Waals surface area contributed by atoms with Crippen molar-refractivity contribution in [1.82, 2.24) is 24.4 Å². The van der Waals surface area contributed by atoms with Gasteiger partial charge in [0.1, 0.15) is 0 Å². The van der Waals surface area contributed by atoms with Gasteiger partial charge in [0.2, 0.25) is 5.91 Å². The van der Waals surface area contributed by atoms with Crippen LogP contribution >= 0.6 is 0 Å². The van der Waals surface area contributed by atoms with Crippen molar-refractivity contribution in [2.24, 2.45) is 0 Å². The summed E-state index contributed by atoms with van der Waals surface area (Å²) in [6.07, 6.45) is 3.42. The summed E-state index contributed by atoms with van der Waals surface area (Å²) in [7, 11) is 2.15. The fraction of sp³-hybridized carbons (Fsp3) is 0.650. The third kappa shape index (κ3) is 3.75. The molecule has 1 saturated heterocycles. The summed E-state index contributed by atoms with van der Waals surface area (Å²) in [5.41, 5.74) is 5.09. The molecule has 0 bridgehead atoms. The fourth-order valence-corrected chi connectivity index (χ4v) is 4.12. The van der Waals surface area contributed by atoms with Crippen LogP contribution in [0.1, 0.15) is 48.8 Å². The van der Waals surface area contributed by atoms with E-state index in [1.165, 1.54) is 0 Å². The Morgan fingerprint density at radius 3 is 2.62 bits per heavy atom. The smallest absolute Gasteiger partial charge is 0.223 e. The lowest BCUT2D eigenvalue weighted by Gasteiger charge is -2.37. The minimum Gasteiger partial charge on any atom is -0.340 e. The molecule has 1 amide bonds. The normalized spacial score (nSPS) is 16.3. The van der Waals surface area contributed by atoms with Gasteiger partial charge < -0.3 is 9.80 Å². The second-order valence-electron chi connectivity index (χ2n) is 7.53. The Kier molecular flexibility index (Phi) is 5.61. The number of nitrogens with zero attached hydrogens (tertiary/aromatic N) is 5. The van der Waals surface area contributed by atoms with E-state index in [4.69, 9.17) is 0 Å². The van der Waals surface area contributed by atoms with Crippen LogP contribution in [-0.2, 0) is 11.2 Å². The number of piperidine rings is 1. The number of hydrogen-bond acceptors (Lipinski definition) is 4. The standard InChI is InChI=1S/C20H31N5O/c1-6-24(17-9-11-23(5)12-10-17)20(26)8-7-18-15(3)21-19-13-14(2)22-25(19)16(18)4/h13,17H,6-12H2,1-5H3. The zero-order valence-electron chi connectivity index (χ0n) is 16.7. The zero-order chi connectivity index (χ0) is 18.8. The Morgan fingerprint density at radius 1 is 1.27 bits per heavy atom. The average molecular weight is 358 g/mol. The highest BCUT2D eigenvalue weighted by molar-refractivity contribution is 5.77. The number of rotatable bonds is 5. The van der Waals surface area contributed by atoms with E-state index >= 15 is 0 Å². The number of aromatic nitrogens is 3. The van der Waals surface area contributed by atoms with Crippen molar-refractivity contribution in [3.05, 3.63) is 28.7 Å². The molecule has 142 valence electrons. The molecule has 2 aromatic rings. The Morgan fingerprint density at radius 2 is 1.96 bits per heavy atom. The summed E-state index contributed by atoms with van der Waals surface area (Å²) >= 11 is 0. The molecule has 1 fully saturated rings. The lowest BCUT2D eigenvalue weighted by Crippen LogP contribution is -2.46. The molecule has 0 unspecified atom stereocenters. The first-order valence-corrected chi connectivity index (χ1v) is 9.71. The lowest BCUT2D eigenvalue weighted by molar-refractivity contribution is -0.134. The SMILES string of the molecule is CCN(C(=O)CCc1c(C)nc2cc(C)nn2c1C)C1CCN(C)CC1. The maximum Gasteiger partial charge on any atom is 0.223 e. The predicted molar refractivity (Wildman–Crippen MR) is 103 cm³/mol. The van der Waals surface area contributed by atoms with Crippen LogP contribution in [0, 0.1) is 20.8 Å². The van der Waals surface area contributed by atoms with E-state index in [0.29, 0.717) is 12.5 Å². The van der Waals surface area contributed by atoms with Crippen molar-refractivity contribution in [2.75, 3.05) is 26.7 Å². The number of fused-ring (bicyclic) bond motifs is 1. The van der Waals surface area contributed by atoms with Gasteiger partial charge in [-0.15, -0.1) is 0 Å². The van der Waals surface area contributed by atoms with Crippen molar-refractivity contribution in [2.45, 2.75) is 59.4 Å². The van der Waals surface area contributed by atoms with Gasteiger partial charge in [-0.05, 0) is 72.7 Å². The molecular formula is C20H31N5O. The molecule has 1 aliphatic rings. The maximum absolute atomic E-state index is 12.9. The first-order valence-electron chi connectivity index (χ1n) is 9.71. The quantitative estimate of drug-likeness (QED) is 0.825. The molecule has 0 atom stereocenters. The summed E-state index contributed by atoms with van der Waals surface area (Å²) < 4.78 is 1.90. The number of aryl methyl sites for hydroxylation is 3. The lowest BCUT2D eigenvalue weighted by atomic mass is 10.0. The molecule has 1 aliphatic heterocycles. The summed E-state index contributed by atoms with van der Waals surface area (Å²) in [6, 6.07) is 2.38. The number of hydrogen-bond donors (Lipinski definition) is 0. The van der Waals surface area contributed by atoms with Crippen LogP contribution in [0.15, 0.2) is 6.07 Å². The van der Waals surface area contributed by atoms with Crippen molar-refractivity contribution in [1.29, 1.82) is 0 Å². The van der Waals surface area contributed by atoms with Crippen LogP contribution in [0.4, 0.5) is 0 Å².